The van der Waals surface area contributed by atoms with Crippen molar-refractivity contribution in [3.8, 4) is 0 Å². The van der Waals surface area contributed by atoms with Crippen LogP contribution in [-0.2, 0) is 4.74 Å². The van der Waals surface area contributed by atoms with Crippen LogP contribution in [0.25, 0.3) is 0 Å². The first-order chi connectivity index (χ1) is 10.1. The monoisotopic (exact) mass is 291 g/mol. The highest BCUT2D eigenvalue weighted by atomic mass is 16.5. The lowest BCUT2D eigenvalue weighted by Gasteiger charge is -2.30. The molecule has 1 aromatic carbocycles. The highest BCUT2D eigenvalue weighted by Gasteiger charge is 2.22. The Labute approximate surface area is 126 Å². The van der Waals surface area contributed by atoms with Gasteiger partial charge in [-0.05, 0) is 50.3 Å². The van der Waals surface area contributed by atoms with Crippen LogP contribution in [0.5, 0.6) is 0 Å². The van der Waals surface area contributed by atoms with Gasteiger partial charge in [-0.1, -0.05) is 12.1 Å². The van der Waals surface area contributed by atoms with Crippen LogP contribution in [0.1, 0.15) is 44.2 Å². The van der Waals surface area contributed by atoms with Gasteiger partial charge in [-0.2, -0.15) is 0 Å². The average Bonchev–Trinajstić information content (AvgIpc) is 2.48. The summed E-state index contributed by atoms with van der Waals surface area (Å²) in [6, 6.07) is 8.09. The quantitative estimate of drug-likeness (QED) is 0.780. The molecule has 4 N–H and O–H groups in total. The number of carbonyl (C=O) groups is 1. The summed E-state index contributed by atoms with van der Waals surface area (Å²) in [4.78, 5) is 10.8. The normalized spacial score (nSPS) is 23.5. The van der Waals surface area contributed by atoms with Crippen molar-refractivity contribution < 1.29 is 9.53 Å². The number of urea groups is 1. The molecular weight excluding hydrogens is 266 g/mol. The first-order valence-electron chi connectivity index (χ1n) is 7.53. The van der Waals surface area contributed by atoms with E-state index in [1.807, 2.05) is 24.3 Å². The molecule has 0 aromatic heterocycles. The first kappa shape index (κ1) is 15.8. The smallest absolute Gasteiger partial charge is 0.316 e. The molecule has 5 nitrogen and oxygen atoms in total. The lowest BCUT2D eigenvalue weighted by atomic mass is 9.92. The average molecular weight is 291 g/mol. The van der Waals surface area contributed by atoms with E-state index >= 15 is 0 Å². The highest BCUT2D eigenvalue weighted by molar-refractivity contribution is 5.87. The second-order valence-corrected chi connectivity index (χ2v) is 5.71. The molecule has 1 aliphatic rings. The molecule has 0 radical (unpaired) electrons. The Bertz CT molecular complexity index is 453. The van der Waals surface area contributed by atoms with Gasteiger partial charge in [0.05, 0.1) is 6.10 Å². The summed E-state index contributed by atoms with van der Waals surface area (Å²) in [7, 11) is 1.79. The Morgan fingerprint density at radius 1 is 1.24 bits per heavy atom. The van der Waals surface area contributed by atoms with E-state index in [0.29, 0.717) is 12.1 Å². The first-order valence-corrected chi connectivity index (χ1v) is 7.53. The summed E-state index contributed by atoms with van der Waals surface area (Å²) in [5.41, 5.74) is 7.02. The number of anilines is 1. The second-order valence-electron chi connectivity index (χ2n) is 5.71. The predicted octanol–water partition coefficient (Wildman–Crippen LogP) is 2.79. The highest BCUT2D eigenvalue weighted by Crippen LogP contribution is 2.24. The van der Waals surface area contributed by atoms with Crippen molar-refractivity contribution in [1.82, 2.24) is 5.32 Å². The molecule has 1 saturated carbocycles. The van der Waals surface area contributed by atoms with Crippen LogP contribution in [-0.4, -0.2) is 25.3 Å². The molecule has 1 unspecified atom stereocenters. The number of amides is 2. The fraction of sp³-hybridized carbons (Fsp3) is 0.562. The molecule has 2 rings (SSSR count). The van der Waals surface area contributed by atoms with Gasteiger partial charge in [0.2, 0.25) is 0 Å². The molecule has 116 valence electrons. The third kappa shape index (κ3) is 4.72. The molecule has 1 aromatic rings. The van der Waals surface area contributed by atoms with Gasteiger partial charge in [-0.15, -0.1) is 0 Å². The van der Waals surface area contributed by atoms with Gasteiger partial charge in [-0.3, -0.25) is 0 Å². The van der Waals surface area contributed by atoms with Crippen LogP contribution >= 0.6 is 0 Å². The molecule has 1 atom stereocenters. The zero-order valence-electron chi connectivity index (χ0n) is 12.8. The lowest BCUT2D eigenvalue weighted by molar-refractivity contribution is 0.0614. The third-order valence-corrected chi connectivity index (χ3v) is 4.17. The molecule has 1 fully saturated rings. The number of methoxy groups -OCH3 is 1. The number of rotatable bonds is 5. The summed E-state index contributed by atoms with van der Waals surface area (Å²) in [6.07, 6.45) is 5.00. The number of nitrogens with one attached hydrogen (secondary N) is 2. The standard InChI is InChI=1S/C16H25N3O2/c1-11(18-13-7-9-15(21-2)10-8-13)12-3-5-14(6-4-12)19-16(17)20/h3-6,11,13,15,18H,7-10H2,1-2H3,(H3,17,19,20). The molecule has 21 heavy (non-hydrogen) atoms. The Hall–Kier alpha value is -1.59. The Morgan fingerprint density at radius 3 is 2.38 bits per heavy atom. The second kappa shape index (κ2) is 7.43. The van der Waals surface area contributed by atoms with E-state index in [4.69, 9.17) is 10.5 Å². The number of ether oxygens (including phenoxy) is 1. The zero-order valence-corrected chi connectivity index (χ0v) is 12.8. The van der Waals surface area contributed by atoms with E-state index in [2.05, 4.69) is 17.6 Å². The van der Waals surface area contributed by atoms with Crippen molar-refractivity contribution in [2.75, 3.05) is 12.4 Å². The van der Waals surface area contributed by atoms with Crippen molar-refractivity contribution in [1.29, 1.82) is 0 Å². The van der Waals surface area contributed by atoms with E-state index in [-0.39, 0.29) is 6.04 Å². The number of hydrogen-bond donors (Lipinski definition) is 3. The van der Waals surface area contributed by atoms with Gasteiger partial charge in [-0.25, -0.2) is 4.79 Å². The summed E-state index contributed by atoms with van der Waals surface area (Å²) >= 11 is 0. The van der Waals surface area contributed by atoms with Crippen LogP contribution in [0.2, 0.25) is 0 Å². The maximum atomic E-state index is 10.8. The van der Waals surface area contributed by atoms with Crippen LogP contribution in [0.15, 0.2) is 24.3 Å². The minimum atomic E-state index is -0.538. The van der Waals surface area contributed by atoms with Crippen molar-refractivity contribution in [3.63, 3.8) is 0 Å². The van der Waals surface area contributed by atoms with Crippen LogP contribution < -0.4 is 16.4 Å². The van der Waals surface area contributed by atoms with Crippen molar-refractivity contribution in [3.05, 3.63) is 29.8 Å². The number of primary amides is 1. The maximum absolute atomic E-state index is 10.8. The number of benzene rings is 1. The molecule has 2 amide bonds. The molecule has 5 heteroatoms. The minimum absolute atomic E-state index is 0.289. The van der Waals surface area contributed by atoms with E-state index in [1.165, 1.54) is 5.56 Å². The van der Waals surface area contributed by atoms with Crippen molar-refractivity contribution >= 4 is 11.7 Å². The van der Waals surface area contributed by atoms with Crippen molar-refractivity contribution in [2.45, 2.75) is 50.8 Å². The van der Waals surface area contributed by atoms with E-state index in [1.54, 1.807) is 7.11 Å². The number of nitrogens with two attached hydrogens (primary N) is 1. The fourth-order valence-electron chi connectivity index (χ4n) is 2.91. The topological polar surface area (TPSA) is 76.4 Å². The zero-order chi connectivity index (χ0) is 15.2. The Kier molecular flexibility index (Phi) is 5.59. The summed E-state index contributed by atoms with van der Waals surface area (Å²) in [5, 5.41) is 6.24. The predicted molar refractivity (Wildman–Crippen MR) is 84.3 cm³/mol. The Morgan fingerprint density at radius 2 is 1.86 bits per heavy atom. The summed E-state index contributed by atoms with van der Waals surface area (Å²) in [5.74, 6) is 0. The third-order valence-electron chi connectivity index (χ3n) is 4.17. The van der Waals surface area contributed by atoms with E-state index in [0.717, 1.165) is 31.4 Å². The van der Waals surface area contributed by atoms with Gasteiger partial charge >= 0.3 is 6.03 Å². The number of hydrogen-bond acceptors (Lipinski definition) is 3. The Balaban J connectivity index is 1.85. The van der Waals surface area contributed by atoms with Crippen LogP contribution in [0.3, 0.4) is 0 Å². The minimum Gasteiger partial charge on any atom is -0.381 e. The molecule has 0 bridgehead atoms. The fourth-order valence-corrected chi connectivity index (χ4v) is 2.91. The van der Waals surface area contributed by atoms with Crippen LogP contribution in [0.4, 0.5) is 10.5 Å². The van der Waals surface area contributed by atoms with Gasteiger partial charge in [0.15, 0.2) is 0 Å². The molecule has 1 aliphatic carbocycles. The maximum Gasteiger partial charge on any atom is 0.316 e. The molecule has 0 spiro atoms. The molecule has 0 aliphatic heterocycles. The SMILES string of the molecule is COC1CCC(NC(C)c2ccc(NC(N)=O)cc2)CC1. The van der Waals surface area contributed by atoms with Gasteiger partial charge in [0.1, 0.15) is 0 Å². The van der Waals surface area contributed by atoms with Gasteiger partial charge in [0.25, 0.3) is 0 Å². The van der Waals surface area contributed by atoms with E-state index < -0.39 is 6.03 Å². The van der Waals surface area contributed by atoms with Gasteiger partial charge in [0, 0.05) is 24.9 Å². The summed E-state index contributed by atoms with van der Waals surface area (Å²) in [6.45, 7) is 2.17. The number of carbonyl (C=O) groups excluding carboxylic acids is 1. The summed E-state index contributed by atoms with van der Waals surface area (Å²) < 4.78 is 5.40. The largest absolute Gasteiger partial charge is 0.381 e. The molecular formula is C16H25N3O2. The van der Waals surface area contributed by atoms with Gasteiger partial charge < -0.3 is 21.1 Å². The lowest BCUT2D eigenvalue weighted by Crippen LogP contribution is -2.36. The van der Waals surface area contributed by atoms with Crippen molar-refractivity contribution in [2.24, 2.45) is 5.73 Å². The van der Waals surface area contributed by atoms with E-state index in [9.17, 15) is 4.79 Å². The van der Waals surface area contributed by atoms with Crippen LogP contribution in [0, 0.1) is 0 Å². The molecule has 0 heterocycles. The molecule has 0 saturated heterocycles.